The van der Waals surface area contributed by atoms with Gasteiger partial charge in [-0.2, -0.15) is 0 Å². The van der Waals surface area contributed by atoms with Crippen LogP contribution in [0.15, 0.2) is 47.8 Å². The molecule has 194 valence electrons. The van der Waals surface area contributed by atoms with E-state index in [0.29, 0.717) is 28.5 Å². The molecule has 0 spiro atoms. The Morgan fingerprint density at radius 3 is 2.35 bits per heavy atom. The minimum absolute atomic E-state index is 0.00415. The normalized spacial score (nSPS) is 13.2. The van der Waals surface area contributed by atoms with E-state index < -0.39 is 15.1 Å². The Bertz CT molecular complexity index is 1440. The van der Waals surface area contributed by atoms with Crippen molar-refractivity contribution in [1.82, 2.24) is 20.3 Å². The van der Waals surface area contributed by atoms with Gasteiger partial charge in [-0.05, 0) is 38.8 Å². The lowest BCUT2D eigenvalue weighted by atomic mass is 10.1. The van der Waals surface area contributed by atoms with E-state index in [-0.39, 0.29) is 34.0 Å². The molecule has 2 amide bonds. The van der Waals surface area contributed by atoms with Gasteiger partial charge < -0.3 is 20.7 Å². The maximum absolute atomic E-state index is 12.5. The predicted molar refractivity (Wildman–Crippen MR) is 139 cm³/mol. The summed E-state index contributed by atoms with van der Waals surface area (Å²) >= 11 is 0. The molecule has 0 radical (unpaired) electrons. The first-order valence-corrected chi connectivity index (χ1v) is 13.2. The zero-order valence-corrected chi connectivity index (χ0v) is 21.7. The van der Waals surface area contributed by atoms with Crippen molar-refractivity contribution in [3.05, 3.63) is 48.4 Å². The number of nitrogens with one attached hydrogen (secondary N) is 3. The molecule has 11 nitrogen and oxygen atoms in total. The molecular weight excluding hydrogens is 496 g/mol. The number of ether oxygens (including phenoxy) is 1. The van der Waals surface area contributed by atoms with Gasteiger partial charge in [-0.3, -0.25) is 9.59 Å². The van der Waals surface area contributed by atoms with Crippen LogP contribution in [0.25, 0.3) is 11.4 Å². The monoisotopic (exact) mass is 524 g/mol. The topological polar surface area (TPSA) is 152 Å². The van der Waals surface area contributed by atoms with Crippen LogP contribution in [0.5, 0.6) is 5.75 Å². The van der Waals surface area contributed by atoms with Crippen LogP contribution in [-0.4, -0.2) is 54.6 Å². The number of amides is 2. The molecule has 1 aromatic carbocycles. The van der Waals surface area contributed by atoms with E-state index in [1.807, 2.05) is 0 Å². The third-order valence-corrected chi connectivity index (χ3v) is 7.99. The van der Waals surface area contributed by atoms with E-state index in [0.717, 1.165) is 12.8 Å². The largest absolute Gasteiger partial charge is 0.494 e. The molecule has 4 rings (SSSR count). The fourth-order valence-electron chi connectivity index (χ4n) is 3.57. The number of aromatic nitrogens is 3. The van der Waals surface area contributed by atoms with Crippen LogP contribution < -0.4 is 20.7 Å². The number of hydrogen-bond acceptors (Lipinski definition) is 9. The zero-order valence-electron chi connectivity index (χ0n) is 20.9. The van der Waals surface area contributed by atoms with Gasteiger partial charge in [0, 0.05) is 37.6 Å². The van der Waals surface area contributed by atoms with Crippen LogP contribution in [0.3, 0.4) is 0 Å². The number of pyridine rings is 1. The molecule has 0 saturated heterocycles. The Morgan fingerprint density at radius 1 is 1.05 bits per heavy atom. The van der Waals surface area contributed by atoms with Crippen molar-refractivity contribution in [3.8, 4) is 17.1 Å². The van der Waals surface area contributed by atoms with Gasteiger partial charge in [0.15, 0.2) is 21.4 Å². The maximum Gasteiger partial charge on any atom is 0.254 e. The minimum atomic E-state index is -3.51. The second-order valence-electron chi connectivity index (χ2n) is 8.81. The molecule has 2 heterocycles. The average Bonchev–Trinajstić information content (AvgIpc) is 3.74. The highest BCUT2D eigenvalue weighted by atomic mass is 32.2. The molecule has 12 heteroatoms. The van der Waals surface area contributed by atoms with Crippen molar-refractivity contribution in [2.75, 3.05) is 24.8 Å². The van der Waals surface area contributed by atoms with Crippen LogP contribution in [0, 0.1) is 5.92 Å². The van der Waals surface area contributed by atoms with Gasteiger partial charge in [-0.15, -0.1) is 0 Å². The zero-order chi connectivity index (χ0) is 26.7. The predicted octanol–water partition coefficient (Wildman–Crippen LogP) is 3.18. The van der Waals surface area contributed by atoms with Crippen molar-refractivity contribution >= 4 is 38.8 Å². The fourth-order valence-corrected chi connectivity index (χ4v) is 4.51. The Hall–Kier alpha value is -4.06. The Balaban J connectivity index is 1.70. The second kappa shape index (κ2) is 10.5. The van der Waals surface area contributed by atoms with Crippen molar-refractivity contribution in [2.45, 2.75) is 36.8 Å². The summed E-state index contributed by atoms with van der Waals surface area (Å²) in [6.45, 7) is 3.19. The lowest BCUT2D eigenvalue weighted by Crippen LogP contribution is -2.20. The molecule has 3 aromatic rings. The molecule has 1 fully saturated rings. The number of para-hydroxylation sites is 1. The smallest absolute Gasteiger partial charge is 0.254 e. The summed E-state index contributed by atoms with van der Waals surface area (Å²) in [5.41, 5.74) is 1.67. The first-order chi connectivity index (χ1) is 17.6. The molecule has 0 aliphatic heterocycles. The first kappa shape index (κ1) is 26.0. The third kappa shape index (κ3) is 5.53. The van der Waals surface area contributed by atoms with Gasteiger partial charge in [-0.1, -0.05) is 6.07 Å². The summed E-state index contributed by atoms with van der Waals surface area (Å²) in [6, 6.07) is 6.82. The van der Waals surface area contributed by atoms with E-state index in [4.69, 9.17) is 4.74 Å². The van der Waals surface area contributed by atoms with Gasteiger partial charge in [0.25, 0.3) is 5.91 Å². The van der Waals surface area contributed by atoms with Crippen LogP contribution in [0.2, 0.25) is 0 Å². The second-order valence-corrected chi connectivity index (χ2v) is 11.3. The molecule has 3 N–H and O–H groups in total. The number of sulfone groups is 1. The van der Waals surface area contributed by atoms with Crippen LogP contribution in [-0.2, 0) is 14.6 Å². The Kier molecular flexibility index (Phi) is 7.39. The molecule has 0 unspecified atom stereocenters. The summed E-state index contributed by atoms with van der Waals surface area (Å²) in [5, 5.41) is 7.96. The highest BCUT2D eigenvalue weighted by molar-refractivity contribution is 7.92. The summed E-state index contributed by atoms with van der Waals surface area (Å²) in [5.74, 6) is 0.483. The van der Waals surface area contributed by atoms with Crippen molar-refractivity contribution in [3.63, 3.8) is 0 Å². The van der Waals surface area contributed by atoms with Gasteiger partial charge >= 0.3 is 0 Å². The molecule has 2 aromatic heterocycles. The van der Waals surface area contributed by atoms with Crippen molar-refractivity contribution in [2.24, 2.45) is 5.92 Å². The lowest BCUT2D eigenvalue weighted by Gasteiger charge is -2.17. The number of nitrogens with zero attached hydrogens (tertiary/aromatic N) is 3. The Labute approximate surface area is 215 Å². The minimum Gasteiger partial charge on any atom is -0.494 e. The summed E-state index contributed by atoms with van der Waals surface area (Å²) < 4.78 is 30.5. The van der Waals surface area contributed by atoms with E-state index in [1.54, 1.807) is 38.1 Å². The molecule has 1 aliphatic rings. The number of carbonyl (C=O) groups excluding carboxylic acids is 2. The van der Waals surface area contributed by atoms with E-state index in [2.05, 4.69) is 30.9 Å². The number of hydrogen-bond donors (Lipinski definition) is 3. The summed E-state index contributed by atoms with van der Waals surface area (Å²) in [6.07, 6.45) is 5.64. The van der Waals surface area contributed by atoms with Gasteiger partial charge in [0.05, 0.1) is 34.9 Å². The maximum atomic E-state index is 12.5. The van der Waals surface area contributed by atoms with Crippen LogP contribution in [0.1, 0.15) is 37.0 Å². The fraction of sp³-hybridized carbons (Fsp3) is 0.320. The standard InChI is InChI=1S/C25H28N6O5S/c1-14(2)37(34,35)16-11-28-23(29-12-16)17-6-5-7-19(22(17)36-4)30-20-10-21(31-24(32)15-8-9-15)27-13-18(20)25(33)26-3/h5-7,10-15H,8-9H2,1-4H3,(H,26,33)(H2,27,30,31,32). The summed E-state index contributed by atoms with van der Waals surface area (Å²) in [7, 11) is -0.521. The number of carbonyl (C=O) groups is 2. The Morgan fingerprint density at radius 2 is 1.76 bits per heavy atom. The van der Waals surface area contributed by atoms with Gasteiger partial charge in [0.2, 0.25) is 5.91 Å². The van der Waals surface area contributed by atoms with Crippen LogP contribution in [0.4, 0.5) is 17.2 Å². The molecule has 1 aliphatic carbocycles. The molecule has 1 saturated carbocycles. The number of rotatable bonds is 9. The SMILES string of the molecule is CNC(=O)c1cnc(NC(=O)C2CC2)cc1Nc1cccc(-c2ncc(S(=O)(=O)C(C)C)cn2)c1OC. The molecule has 0 atom stereocenters. The number of methoxy groups -OCH3 is 1. The average molecular weight is 525 g/mol. The van der Waals surface area contributed by atoms with E-state index >= 15 is 0 Å². The highest BCUT2D eigenvalue weighted by Crippen LogP contribution is 2.37. The van der Waals surface area contributed by atoms with Crippen molar-refractivity contribution < 1.29 is 22.7 Å². The van der Waals surface area contributed by atoms with E-state index in [9.17, 15) is 18.0 Å². The third-order valence-electron chi connectivity index (χ3n) is 5.88. The van der Waals surface area contributed by atoms with Crippen molar-refractivity contribution in [1.29, 1.82) is 0 Å². The highest BCUT2D eigenvalue weighted by Gasteiger charge is 2.30. The lowest BCUT2D eigenvalue weighted by molar-refractivity contribution is -0.117. The molecule has 0 bridgehead atoms. The first-order valence-electron chi connectivity index (χ1n) is 11.7. The van der Waals surface area contributed by atoms with Gasteiger partial charge in [-0.25, -0.2) is 23.4 Å². The van der Waals surface area contributed by atoms with Gasteiger partial charge in [0.1, 0.15) is 10.7 Å². The number of anilines is 3. The molecule has 37 heavy (non-hydrogen) atoms. The van der Waals surface area contributed by atoms with Crippen LogP contribution >= 0.6 is 0 Å². The summed E-state index contributed by atoms with van der Waals surface area (Å²) in [4.78, 5) is 37.5. The molecular formula is C25H28N6O5S. The quantitative estimate of drug-likeness (QED) is 0.383. The van der Waals surface area contributed by atoms with E-state index in [1.165, 1.54) is 32.7 Å². The number of benzene rings is 1.